The van der Waals surface area contributed by atoms with Crippen molar-refractivity contribution in [2.45, 2.75) is 97.8 Å². The van der Waals surface area contributed by atoms with E-state index < -0.39 is 0 Å². The fourth-order valence-electron chi connectivity index (χ4n) is 6.43. The van der Waals surface area contributed by atoms with Crippen molar-refractivity contribution < 1.29 is 13.3 Å². The maximum atomic E-state index is 6.82. The fourth-order valence-corrected chi connectivity index (χ4v) is 7.97. The number of rotatable bonds is 0. The second-order valence-corrected chi connectivity index (χ2v) is 18.2. The van der Waals surface area contributed by atoms with Crippen LogP contribution in [-0.2, 0) is 35.5 Å². The lowest BCUT2D eigenvalue weighted by atomic mass is 9.84. The molecule has 234 valence electrons. The standard InChI is InChI=1S/C39H39Br3O3/c1-37(2,3)22-10-19-13-28-32(41)26-17-24(39(7,8)9)12-21(35(26)44-28)15-30-33(42)27-18-23(38(4,5)6)11-20(36(27)45-30)14-29-31(40)25(16-22)34(19)43-29/h10-12,16-18H,13-15H2,1-9H3. The van der Waals surface area contributed by atoms with Gasteiger partial charge in [-0.15, -0.1) is 0 Å². The lowest BCUT2D eigenvalue weighted by Crippen LogP contribution is -2.11. The molecule has 6 bridgehead atoms. The maximum absolute atomic E-state index is 6.82. The van der Waals surface area contributed by atoms with E-state index in [4.69, 9.17) is 13.3 Å². The third-order valence-electron chi connectivity index (χ3n) is 9.27. The molecule has 0 spiro atoms. The van der Waals surface area contributed by atoms with Gasteiger partial charge < -0.3 is 13.3 Å². The monoisotopic (exact) mass is 792 g/mol. The van der Waals surface area contributed by atoms with Crippen LogP contribution in [0.3, 0.4) is 0 Å². The van der Waals surface area contributed by atoms with Crippen LogP contribution in [0.2, 0.25) is 0 Å². The summed E-state index contributed by atoms with van der Waals surface area (Å²) in [4.78, 5) is 0. The second kappa shape index (κ2) is 10.4. The lowest BCUT2D eigenvalue weighted by molar-refractivity contribution is 0.541. The first-order valence-electron chi connectivity index (χ1n) is 15.6. The number of furan rings is 3. The Labute approximate surface area is 290 Å². The Kier molecular flexibility index (Phi) is 7.21. The molecule has 4 heterocycles. The van der Waals surface area contributed by atoms with Crippen molar-refractivity contribution in [3.8, 4) is 0 Å². The average molecular weight is 795 g/mol. The van der Waals surface area contributed by atoms with E-state index in [0.29, 0.717) is 19.3 Å². The van der Waals surface area contributed by atoms with E-state index in [-0.39, 0.29) is 16.2 Å². The van der Waals surface area contributed by atoms with E-state index in [1.807, 2.05) is 0 Å². The van der Waals surface area contributed by atoms with Gasteiger partial charge in [0.1, 0.15) is 34.0 Å². The maximum Gasteiger partial charge on any atom is 0.139 e. The van der Waals surface area contributed by atoms with Gasteiger partial charge in [-0.25, -0.2) is 0 Å². The minimum Gasteiger partial charge on any atom is -0.459 e. The molecule has 0 unspecified atom stereocenters. The van der Waals surface area contributed by atoms with Crippen LogP contribution in [0.4, 0.5) is 0 Å². The molecular formula is C39H39Br3O3. The SMILES string of the molecule is CC(C)(C)c1cc2c3oc(c(Br)c3c1)Cc1cc(C(C)(C)C)cc3c(Br)c(oc13)Cc1cc(C(C)(C)C)cc3c(Br)c(oc13)C2. The van der Waals surface area contributed by atoms with Crippen LogP contribution >= 0.6 is 47.8 Å². The van der Waals surface area contributed by atoms with Crippen LogP contribution in [0.1, 0.15) is 113 Å². The molecule has 45 heavy (non-hydrogen) atoms. The molecule has 3 aromatic heterocycles. The van der Waals surface area contributed by atoms with Crippen molar-refractivity contribution in [1.29, 1.82) is 0 Å². The van der Waals surface area contributed by atoms with Gasteiger partial charge in [-0.05, 0) is 98.9 Å². The highest BCUT2D eigenvalue weighted by atomic mass is 79.9. The summed E-state index contributed by atoms with van der Waals surface area (Å²) >= 11 is 12.0. The Hall–Kier alpha value is -2.28. The van der Waals surface area contributed by atoms with Crippen molar-refractivity contribution in [3.05, 3.63) is 100 Å². The van der Waals surface area contributed by atoms with Crippen molar-refractivity contribution in [2.75, 3.05) is 0 Å². The van der Waals surface area contributed by atoms with Crippen LogP contribution in [0.25, 0.3) is 32.9 Å². The van der Waals surface area contributed by atoms with Crippen molar-refractivity contribution in [1.82, 2.24) is 0 Å². The predicted molar refractivity (Wildman–Crippen MR) is 196 cm³/mol. The summed E-state index contributed by atoms with van der Waals surface area (Å²) in [6.07, 6.45) is 1.82. The van der Waals surface area contributed by atoms with Gasteiger partial charge in [-0.3, -0.25) is 0 Å². The molecule has 1 aliphatic rings. The van der Waals surface area contributed by atoms with Crippen molar-refractivity contribution >= 4 is 80.7 Å². The lowest BCUT2D eigenvalue weighted by Gasteiger charge is -2.20. The Balaban J connectivity index is 1.61. The van der Waals surface area contributed by atoms with E-state index in [2.05, 4.69) is 147 Å². The zero-order valence-corrected chi connectivity index (χ0v) is 32.2. The largest absolute Gasteiger partial charge is 0.459 e. The highest BCUT2D eigenvalue weighted by Gasteiger charge is 2.28. The highest BCUT2D eigenvalue weighted by molar-refractivity contribution is 9.11. The van der Waals surface area contributed by atoms with Crippen LogP contribution in [0.15, 0.2) is 63.1 Å². The van der Waals surface area contributed by atoms with E-state index >= 15 is 0 Å². The molecule has 0 fully saturated rings. The summed E-state index contributed by atoms with van der Waals surface area (Å²) in [5.74, 6) is 2.69. The fraction of sp³-hybridized carbons (Fsp3) is 0.385. The van der Waals surface area contributed by atoms with Crippen LogP contribution in [-0.4, -0.2) is 0 Å². The van der Waals surface area contributed by atoms with E-state index in [9.17, 15) is 0 Å². The first-order valence-corrected chi connectivity index (χ1v) is 18.0. The summed E-state index contributed by atoms with van der Waals surface area (Å²) in [6.45, 7) is 20.4. The molecule has 0 radical (unpaired) electrons. The minimum absolute atomic E-state index is 0.0371. The molecule has 3 nitrogen and oxygen atoms in total. The summed E-state index contributed by atoms with van der Waals surface area (Å²) in [7, 11) is 0. The third-order valence-corrected chi connectivity index (χ3v) is 11.9. The zero-order chi connectivity index (χ0) is 32.4. The van der Waals surface area contributed by atoms with Crippen LogP contribution < -0.4 is 0 Å². The summed E-state index contributed by atoms with van der Waals surface area (Å²) in [6, 6.07) is 13.7. The molecule has 6 heteroatoms. The molecule has 3 aromatic carbocycles. The third kappa shape index (κ3) is 5.27. The first kappa shape index (κ1) is 31.3. The molecule has 6 aromatic rings. The van der Waals surface area contributed by atoms with Gasteiger partial charge in [0.2, 0.25) is 0 Å². The van der Waals surface area contributed by atoms with Crippen molar-refractivity contribution in [3.63, 3.8) is 0 Å². The molecule has 0 saturated carbocycles. The smallest absolute Gasteiger partial charge is 0.139 e. The molecular weight excluding hydrogens is 756 g/mol. The zero-order valence-electron chi connectivity index (χ0n) is 27.4. The Bertz CT molecular complexity index is 1920. The average Bonchev–Trinajstić information content (AvgIpc) is 3.54. The molecule has 7 rings (SSSR count). The van der Waals surface area contributed by atoms with Gasteiger partial charge in [0.25, 0.3) is 0 Å². The quantitative estimate of drug-likeness (QED) is 0.153. The number of benzene rings is 3. The Morgan fingerprint density at radius 1 is 0.422 bits per heavy atom. The summed E-state index contributed by atoms with van der Waals surface area (Å²) in [5.41, 5.74) is 9.72. The summed E-state index contributed by atoms with van der Waals surface area (Å²) in [5, 5.41) is 3.27. The molecule has 0 N–H and O–H groups in total. The number of fused-ring (bicyclic) bond motifs is 3. The van der Waals surface area contributed by atoms with Crippen molar-refractivity contribution in [2.24, 2.45) is 0 Å². The van der Waals surface area contributed by atoms with E-state index in [0.717, 1.165) is 80.3 Å². The van der Waals surface area contributed by atoms with Gasteiger partial charge in [0, 0.05) is 52.1 Å². The molecule has 0 atom stereocenters. The van der Waals surface area contributed by atoms with Gasteiger partial charge in [-0.1, -0.05) is 80.5 Å². The molecule has 0 saturated heterocycles. The van der Waals surface area contributed by atoms with Gasteiger partial charge in [0.05, 0.1) is 13.4 Å². The predicted octanol–water partition coefficient (Wildman–Crippen LogP) is 13.2. The summed E-state index contributed by atoms with van der Waals surface area (Å²) < 4.78 is 23.5. The topological polar surface area (TPSA) is 39.4 Å². The molecule has 0 amide bonds. The minimum atomic E-state index is -0.0371. The highest BCUT2D eigenvalue weighted by Crippen LogP contribution is 2.45. The van der Waals surface area contributed by atoms with Crippen LogP contribution in [0.5, 0.6) is 0 Å². The van der Waals surface area contributed by atoms with E-state index in [1.165, 1.54) is 16.7 Å². The Morgan fingerprint density at radius 2 is 0.667 bits per heavy atom. The van der Waals surface area contributed by atoms with Crippen LogP contribution in [0, 0.1) is 0 Å². The van der Waals surface area contributed by atoms with Gasteiger partial charge in [0.15, 0.2) is 0 Å². The second-order valence-electron chi connectivity index (χ2n) is 15.8. The number of hydrogen-bond donors (Lipinski definition) is 0. The molecule has 1 aliphatic heterocycles. The number of halogens is 3. The van der Waals surface area contributed by atoms with Gasteiger partial charge in [-0.2, -0.15) is 0 Å². The first-order chi connectivity index (χ1) is 20.9. The number of hydrogen-bond acceptors (Lipinski definition) is 3. The Morgan fingerprint density at radius 3 is 0.889 bits per heavy atom. The molecule has 0 aliphatic carbocycles. The van der Waals surface area contributed by atoms with E-state index in [1.54, 1.807) is 0 Å². The normalized spacial score (nSPS) is 14.4. The van der Waals surface area contributed by atoms with Gasteiger partial charge >= 0.3 is 0 Å².